The van der Waals surface area contributed by atoms with Gasteiger partial charge in [0, 0.05) is 20.1 Å². The molecule has 1 aliphatic heterocycles. The number of nitrogens with one attached hydrogen (secondary N) is 2. The summed E-state index contributed by atoms with van der Waals surface area (Å²) in [5.74, 6) is 0. The van der Waals surface area contributed by atoms with Crippen molar-refractivity contribution < 1.29 is 0 Å². The lowest BCUT2D eigenvalue weighted by Gasteiger charge is -2.27. The van der Waals surface area contributed by atoms with E-state index in [2.05, 4.69) is 26.8 Å². The Labute approximate surface area is 90.7 Å². The van der Waals surface area contributed by atoms with Crippen LogP contribution in [0.15, 0.2) is 18.5 Å². The first-order valence-electron chi connectivity index (χ1n) is 5.53. The van der Waals surface area contributed by atoms with Crippen LogP contribution in [-0.2, 0) is 0 Å². The minimum absolute atomic E-state index is 1.04. The summed E-state index contributed by atoms with van der Waals surface area (Å²) in [7, 11) is 1.90. The van der Waals surface area contributed by atoms with Crippen molar-refractivity contribution in [2.45, 2.75) is 19.3 Å². The van der Waals surface area contributed by atoms with Gasteiger partial charge >= 0.3 is 0 Å². The van der Waals surface area contributed by atoms with Gasteiger partial charge in [-0.25, -0.2) is 5.01 Å². The van der Waals surface area contributed by atoms with Crippen LogP contribution in [0.5, 0.6) is 0 Å². The lowest BCUT2D eigenvalue weighted by atomic mass is 10.2. The van der Waals surface area contributed by atoms with Crippen molar-refractivity contribution >= 4 is 11.4 Å². The third-order valence-electron chi connectivity index (χ3n) is 2.67. The number of rotatable bonds is 3. The molecule has 0 aliphatic carbocycles. The molecule has 4 heteroatoms. The number of piperidine rings is 1. The van der Waals surface area contributed by atoms with Gasteiger partial charge in [-0.05, 0) is 18.9 Å². The highest BCUT2D eigenvalue weighted by Crippen LogP contribution is 2.15. The van der Waals surface area contributed by atoms with E-state index >= 15 is 0 Å². The molecule has 0 amide bonds. The molecule has 0 aromatic carbocycles. The van der Waals surface area contributed by atoms with Crippen LogP contribution in [0.1, 0.15) is 19.3 Å². The lowest BCUT2D eigenvalue weighted by Crippen LogP contribution is -2.34. The Morgan fingerprint density at radius 1 is 1.13 bits per heavy atom. The molecule has 0 radical (unpaired) electrons. The van der Waals surface area contributed by atoms with E-state index in [1.54, 1.807) is 0 Å². The average molecular weight is 206 g/mol. The summed E-state index contributed by atoms with van der Waals surface area (Å²) < 4.78 is 0. The molecule has 82 valence electrons. The first-order valence-corrected chi connectivity index (χ1v) is 5.53. The van der Waals surface area contributed by atoms with Gasteiger partial charge in [0.1, 0.15) is 0 Å². The zero-order valence-electron chi connectivity index (χ0n) is 9.16. The Morgan fingerprint density at radius 2 is 1.87 bits per heavy atom. The van der Waals surface area contributed by atoms with Gasteiger partial charge in [-0.2, -0.15) is 0 Å². The molecule has 2 heterocycles. The molecule has 0 bridgehead atoms. The van der Waals surface area contributed by atoms with Crippen LogP contribution in [0, 0.1) is 0 Å². The molecular weight excluding hydrogens is 188 g/mol. The van der Waals surface area contributed by atoms with Crippen molar-refractivity contribution in [2.75, 3.05) is 30.9 Å². The second kappa shape index (κ2) is 4.98. The van der Waals surface area contributed by atoms with Crippen LogP contribution in [-0.4, -0.2) is 30.1 Å². The molecule has 2 N–H and O–H groups in total. The monoisotopic (exact) mass is 206 g/mol. The van der Waals surface area contributed by atoms with Crippen molar-refractivity contribution in [1.82, 2.24) is 9.99 Å². The van der Waals surface area contributed by atoms with Gasteiger partial charge in [0.15, 0.2) is 0 Å². The first-order chi connectivity index (χ1) is 7.38. The predicted octanol–water partition coefficient (Wildman–Crippen LogP) is 1.94. The number of nitrogens with zero attached hydrogens (tertiary/aromatic N) is 2. The van der Waals surface area contributed by atoms with E-state index < -0.39 is 0 Å². The standard InChI is InChI=1S/C11H18N4/c1-12-10-7-11(9-13-8-10)14-15-5-3-2-4-6-15/h7-9,12,14H,2-6H2,1H3. The molecule has 0 saturated carbocycles. The van der Waals surface area contributed by atoms with E-state index in [1.165, 1.54) is 19.3 Å². The molecule has 0 unspecified atom stereocenters. The Kier molecular flexibility index (Phi) is 3.40. The molecule has 1 aliphatic rings. The van der Waals surface area contributed by atoms with Crippen LogP contribution in [0.25, 0.3) is 0 Å². The minimum atomic E-state index is 1.04. The fourth-order valence-corrected chi connectivity index (χ4v) is 1.83. The average Bonchev–Trinajstić information content (AvgIpc) is 2.31. The van der Waals surface area contributed by atoms with Crippen molar-refractivity contribution in [2.24, 2.45) is 0 Å². The van der Waals surface area contributed by atoms with E-state index in [1.807, 2.05) is 19.4 Å². The second-order valence-electron chi connectivity index (χ2n) is 3.87. The largest absolute Gasteiger partial charge is 0.387 e. The van der Waals surface area contributed by atoms with Gasteiger partial charge in [-0.3, -0.25) is 4.98 Å². The van der Waals surface area contributed by atoms with Crippen molar-refractivity contribution in [3.63, 3.8) is 0 Å². The van der Waals surface area contributed by atoms with Gasteiger partial charge in [-0.15, -0.1) is 0 Å². The van der Waals surface area contributed by atoms with Gasteiger partial charge in [-0.1, -0.05) is 6.42 Å². The highest BCUT2D eigenvalue weighted by atomic mass is 15.5. The minimum Gasteiger partial charge on any atom is -0.387 e. The molecular formula is C11H18N4. The van der Waals surface area contributed by atoms with Gasteiger partial charge in [0.2, 0.25) is 0 Å². The van der Waals surface area contributed by atoms with Crippen LogP contribution in [0.3, 0.4) is 0 Å². The third-order valence-corrected chi connectivity index (χ3v) is 2.67. The molecule has 1 aromatic rings. The molecule has 1 fully saturated rings. The molecule has 1 aromatic heterocycles. The molecule has 0 spiro atoms. The Balaban J connectivity index is 1.96. The van der Waals surface area contributed by atoms with Crippen LogP contribution in [0.4, 0.5) is 11.4 Å². The number of anilines is 2. The van der Waals surface area contributed by atoms with Crippen molar-refractivity contribution in [3.05, 3.63) is 18.5 Å². The Bertz CT molecular complexity index is 307. The summed E-state index contributed by atoms with van der Waals surface area (Å²) >= 11 is 0. The Morgan fingerprint density at radius 3 is 2.60 bits per heavy atom. The second-order valence-corrected chi connectivity index (χ2v) is 3.87. The van der Waals surface area contributed by atoms with E-state index in [0.717, 1.165) is 24.5 Å². The zero-order chi connectivity index (χ0) is 10.5. The normalized spacial score (nSPS) is 17.4. The topological polar surface area (TPSA) is 40.2 Å². The molecule has 15 heavy (non-hydrogen) atoms. The van der Waals surface area contributed by atoms with Crippen LogP contribution in [0.2, 0.25) is 0 Å². The lowest BCUT2D eigenvalue weighted by molar-refractivity contribution is 0.273. The van der Waals surface area contributed by atoms with Crippen molar-refractivity contribution in [3.8, 4) is 0 Å². The van der Waals surface area contributed by atoms with E-state index in [-0.39, 0.29) is 0 Å². The molecule has 4 nitrogen and oxygen atoms in total. The third kappa shape index (κ3) is 2.83. The summed E-state index contributed by atoms with van der Waals surface area (Å²) in [6, 6.07) is 2.07. The fourth-order valence-electron chi connectivity index (χ4n) is 1.83. The van der Waals surface area contributed by atoms with Crippen LogP contribution >= 0.6 is 0 Å². The fraction of sp³-hybridized carbons (Fsp3) is 0.545. The summed E-state index contributed by atoms with van der Waals surface area (Å²) in [4.78, 5) is 4.17. The van der Waals surface area contributed by atoms with Gasteiger partial charge < -0.3 is 10.7 Å². The number of hydrazine groups is 1. The zero-order valence-corrected chi connectivity index (χ0v) is 9.16. The smallest absolute Gasteiger partial charge is 0.0694 e. The summed E-state index contributed by atoms with van der Waals surface area (Å²) in [6.07, 6.45) is 7.60. The van der Waals surface area contributed by atoms with E-state index in [4.69, 9.17) is 0 Å². The summed E-state index contributed by atoms with van der Waals surface area (Å²) in [5.41, 5.74) is 5.48. The van der Waals surface area contributed by atoms with Gasteiger partial charge in [0.05, 0.1) is 23.8 Å². The highest BCUT2D eigenvalue weighted by Gasteiger charge is 2.09. The predicted molar refractivity (Wildman–Crippen MR) is 62.8 cm³/mol. The maximum Gasteiger partial charge on any atom is 0.0694 e. The number of hydrogen-bond acceptors (Lipinski definition) is 4. The molecule has 2 rings (SSSR count). The van der Waals surface area contributed by atoms with E-state index in [9.17, 15) is 0 Å². The number of aromatic nitrogens is 1. The molecule has 1 saturated heterocycles. The Hall–Kier alpha value is -1.29. The van der Waals surface area contributed by atoms with E-state index in [0.29, 0.717) is 0 Å². The number of hydrogen-bond donors (Lipinski definition) is 2. The SMILES string of the molecule is CNc1cncc(NN2CCCCC2)c1. The summed E-state index contributed by atoms with van der Waals surface area (Å²) in [6.45, 7) is 2.26. The maximum absolute atomic E-state index is 4.17. The maximum atomic E-state index is 4.17. The van der Waals surface area contributed by atoms with Gasteiger partial charge in [0.25, 0.3) is 0 Å². The quantitative estimate of drug-likeness (QED) is 0.793. The molecule has 0 atom stereocenters. The highest BCUT2D eigenvalue weighted by molar-refractivity contribution is 5.53. The summed E-state index contributed by atoms with van der Waals surface area (Å²) in [5, 5.41) is 5.35. The number of pyridine rings is 1. The van der Waals surface area contributed by atoms with Crippen molar-refractivity contribution in [1.29, 1.82) is 0 Å². The first kappa shape index (κ1) is 10.2. The van der Waals surface area contributed by atoms with Crippen LogP contribution < -0.4 is 10.7 Å².